The fourth-order valence-electron chi connectivity index (χ4n) is 2.90. The summed E-state index contributed by atoms with van der Waals surface area (Å²) >= 11 is 1.68. The van der Waals surface area contributed by atoms with Crippen LogP contribution in [0.5, 0.6) is 0 Å². The number of rotatable bonds is 7. The second kappa shape index (κ2) is 9.42. The summed E-state index contributed by atoms with van der Waals surface area (Å²) in [6.07, 6.45) is 9.92. The number of benzene rings is 1. The van der Waals surface area contributed by atoms with E-state index in [9.17, 15) is 4.79 Å². The smallest absolute Gasteiger partial charge is 0.252 e. The number of aromatic nitrogens is 1. The predicted octanol–water partition coefficient (Wildman–Crippen LogP) is 4.99. The average Bonchev–Trinajstić information content (AvgIpc) is 2.68. The van der Waals surface area contributed by atoms with Crippen LogP contribution in [-0.4, -0.2) is 17.4 Å². The highest BCUT2D eigenvalue weighted by molar-refractivity contribution is 7.98. The summed E-state index contributed by atoms with van der Waals surface area (Å²) in [5.74, 6) is 0.845. The van der Waals surface area contributed by atoms with Gasteiger partial charge in [0.15, 0.2) is 0 Å². The number of nitrogens with one attached hydrogen (secondary N) is 1. The van der Waals surface area contributed by atoms with Crippen LogP contribution < -0.4 is 5.32 Å². The molecule has 1 aliphatic rings. The van der Waals surface area contributed by atoms with Crippen molar-refractivity contribution in [1.82, 2.24) is 10.3 Å². The second-order valence-corrected chi connectivity index (χ2v) is 7.27. The van der Waals surface area contributed by atoms with E-state index in [0.717, 1.165) is 17.2 Å². The van der Waals surface area contributed by atoms with Gasteiger partial charge < -0.3 is 5.32 Å². The third-order valence-corrected chi connectivity index (χ3v) is 5.36. The molecule has 3 nitrogen and oxygen atoms in total. The van der Waals surface area contributed by atoms with Crippen LogP contribution in [0.3, 0.4) is 0 Å². The lowest BCUT2D eigenvalue weighted by Gasteiger charge is -2.13. The minimum absolute atomic E-state index is 0.0384. The molecule has 1 amide bonds. The Morgan fingerprint density at radius 3 is 2.72 bits per heavy atom. The molecule has 130 valence electrons. The lowest BCUT2D eigenvalue weighted by atomic mass is 9.97. The maximum atomic E-state index is 12.2. The van der Waals surface area contributed by atoms with E-state index >= 15 is 0 Å². The zero-order chi connectivity index (χ0) is 17.3. The van der Waals surface area contributed by atoms with Gasteiger partial charge in [0.1, 0.15) is 0 Å². The van der Waals surface area contributed by atoms with Crippen molar-refractivity contribution in [3.63, 3.8) is 0 Å². The molecule has 0 bridgehead atoms. The standard InChI is InChI=1S/C21H24N2OS/c24-21(22-14-13-17-7-3-1-4-8-17)19-11-12-20(23-15-19)25-16-18-9-5-2-6-10-18/h2,5-7,9-12,15H,1,3-4,8,13-14,16H2,(H,22,24). The van der Waals surface area contributed by atoms with Gasteiger partial charge in [-0.25, -0.2) is 4.98 Å². The topological polar surface area (TPSA) is 42.0 Å². The molecule has 1 heterocycles. The van der Waals surface area contributed by atoms with Gasteiger partial charge in [0.25, 0.3) is 5.91 Å². The van der Waals surface area contributed by atoms with Crippen LogP contribution >= 0.6 is 11.8 Å². The summed E-state index contributed by atoms with van der Waals surface area (Å²) in [5, 5.41) is 3.93. The van der Waals surface area contributed by atoms with Gasteiger partial charge in [-0.2, -0.15) is 0 Å². The average molecular weight is 353 g/mol. The minimum atomic E-state index is -0.0384. The monoisotopic (exact) mass is 352 g/mol. The van der Waals surface area contributed by atoms with Crippen molar-refractivity contribution in [2.45, 2.75) is 42.9 Å². The Bertz CT molecular complexity index is 710. The molecule has 0 fully saturated rings. The number of pyridine rings is 1. The number of allylic oxidation sites excluding steroid dienone is 1. The number of nitrogens with zero attached hydrogens (tertiary/aromatic N) is 1. The first-order valence-electron chi connectivity index (χ1n) is 8.90. The first-order chi connectivity index (χ1) is 12.3. The summed E-state index contributed by atoms with van der Waals surface area (Å²) in [4.78, 5) is 16.6. The molecule has 0 unspecified atom stereocenters. The van der Waals surface area contributed by atoms with Crippen molar-refractivity contribution in [1.29, 1.82) is 0 Å². The molecular weight excluding hydrogens is 328 g/mol. The lowest BCUT2D eigenvalue weighted by Crippen LogP contribution is -2.25. The summed E-state index contributed by atoms with van der Waals surface area (Å²) in [6.45, 7) is 0.704. The van der Waals surface area contributed by atoms with Crippen LogP contribution in [0.25, 0.3) is 0 Å². The highest BCUT2D eigenvalue weighted by atomic mass is 32.2. The third kappa shape index (κ3) is 5.75. The molecule has 2 aromatic rings. The first-order valence-corrected chi connectivity index (χ1v) is 9.89. The molecule has 1 aliphatic carbocycles. The third-order valence-electron chi connectivity index (χ3n) is 4.34. The van der Waals surface area contributed by atoms with E-state index in [1.54, 1.807) is 18.0 Å². The fraction of sp³-hybridized carbons (Fsp3) is 0.333. The van der Waals surface area contributed by atoms with E-state index in [0.29, 0.717) is 12.1 Å². The van der Waals surface area contributed by atoms with E-state index in [-0.39, 0.29) is 5.91 Å². The van der Waals surface area contributed by atoms with Gasteiger partial charge in [0.05, 0.1) is 10.6 Å². The SMILES string of the molecule is O=C(NCCC1=CCCCC1)c1ccc(SCc2ccccc2)nc1. The van der Waals surface area contributed by atoms with Crippen molar-refractivity contribution in [3.8, 4) is 0 Å². The molecule has 1 aromatic carbocycles. The Balaban J connectivity index is 1.44. The lowest BCUT2D eigenvalue weighted by molar-refractivity contribution is 0.0953. The van der Waals surface area contributed by atoms with Gasteiger partial charge in [-0.15, -0.1) is 11.8 Å². The van der Waals surface area contributed by atoms with Crippen molar-refractivity contribution in [2.24, 2.45) is 0 Å². The van der Waals surface area contributed by atoms with E-state index in [4.69, 9.17) is 0 Å². The summed E-state index contributed by atoms with van der Waals surface area (Å²) in [5.41, 5.74) is 3.38. The summed E-state index contributed by atoms with van der Waals surface area (Å²) in [6, 6.07) is 14.1. The molecule has 0 atom stereocenters. The van der Waals surface area contributed by atoms with E-state index < -0.39 is 0 Å². The van der Waals surface area contributed by atoms with Crippen molar-refractivity contribution < 1.29 is 4.79 Å². The Morgan fingerprint density at radius 2 is 2.00 bits per heavy atom. The van der Waals surface area contributed by atoms with E-state index in [1.165, 1.54) is 36.8 Å². The fourth-order valence-corrected chi connectivity index (χ4v) is 3.70. The molecule has 1 aromatic heterocycles. The molecule has 0 radical (unpaired) electrons. The summed E-state index contributed by atoms with van der Waals surface area (Å²) < 4.78 is 0. The zero-order valence-corrected chi connectivity index (χ0v) is 15.2. The van der Waals surface area contributed by atoms with Gasteiger partial charge in [0.2, 0.25) is 0 Å². The van der Waals surface area contributed by atoms with Crippen LogP contribution in [0, 0.1) is 0 Å². The maximum Gasteiger partial charge on any atom is 0.252 e. The number of thioether (sulfide) groups is 1. The molecule has 0 aliphatic heterocycles. The quantitative estimate of drug-likeness (QED) is 0.563. The molecule has 0 saturated carbocycles. The van der Waals surface area contributed by atoms with Crippen LogP contribution in [0.1, 0.15) is 48.0 Å². The Hall–Kier alpha value is -2.07. The molecule has 3 rings (SSSR count). The van der Waals surface area contributed by atoms with Crippen molar-refractivity contribution in [2.75, 3.05) is 6.54 Å². The van der Waals surface area contributed by atoms with Gasteiger partial charge in [-0.1, -0.05) is 42.0 Å². The highest BCUT2D eigenvalue weighted by Crippen LogP contribution is 2.21. The number of carbonyl (C=O) groups is 1. The number of amides is 1. The largest absolute Gasteiger partial charge is 0.352 e. The number of hydrogen-bond donors (Lipinski definition) is 1. The molecule has 0 spiro atoms. The Morgan fingerprint density at radius 1 is 1.12 bits per heavy atom. The first kappa shape index (κ1) is 17.7. The Kier molecular flexibility index (Phi) is 6.69. The molecule has 1 N–H and O–H groups in total. The molecule has 25 heavy (non-hydrogen) atoms. The van der Waals surface area contributed by atoms with Gasteiger partial charge in [-0.3, -0.25) is 4.79 Å². The van der Waals surface area contributed by atoms with Crippen LogP contribution in [0.4, 0.5) is 0 Å². The van der Waals surface area contributed by atoms with Crippen molar-refractivity contribution in [3.05, 3.63) is 71.4 Å². The molecular formula is C21H24N2OS. The van der Waals surface area contributed by atoms with Gasteiger partial charge in [-0.05, 0) is 49.8 Å². The summed E-state index contributed by atoms with van der Waals surface area (Å²) in [7, 11) is 0. The van der Waals surface area contributed by atoms with Crippen LogP contribution in [0.2, 0.25) is 0 Å². The van der Waals surface area contributed by atoms with Crippen LogP contribution in [0.15, 0.2) is 65.3 Å². The normalized spacial score (nSPS) is 14.0. The minimum Gasteiger partial charge on any atom is -0.352 e. The number of carbonyl (C=O) groups excluding carboxylic acids is 1. The predicted molar refractivity (Wildman–Crippen MR) is 104 cm³/mol. The van der Waals surface area contributed by atoms with E-state index in [2.05, 4.69) is 28.5 Å². The Labute approximate surface area is 153 Å². The zero-order valence-electron chi connectivity index (χ0n) is 14.4. The highest BCUT2D eigenvalue weighted by Gasteiger charge is 2.08. The molecule has 4 heteroatoms. The van der Waals surface area contributed by atoms with E-state index in [1.807, 2.05) is 30.3 Å². The molecule has 0 saturated heterocycles. The van der Waals surface area contributed by atoms with Crippen molar-refractivity contribution >= 4 is 17.7 Å². The van der Waals surface area contributed by atoms with Gasteiger partial charge in [0, 0.05) is 18.5 Å². The van der Waals surface area contributed by atoms with Crippen LogP contribution in [-0.2, 0) is 5.75 Å². The maximum absolute atomic E-state index is 12.2. The van der Waals surface area contributed by atoms with Gasteiger partial charge >= 0.3 is 0 Å². The number of hydrogen-bond acceptors (Lipinski definition) is 3. The second-order valence-electron chi connectivity index (χ2n) is 6.27.